The molecule has 0 aromatic heterocycles. The zero-order valence-corrected chi connectivity index (χ0v) is 12.8. The van der Waals surface area contributed by atoms with Crippen LogP contribution in [0.1, 0.15) is 25.7 Å². The number of fused-ring (bicyclic) bond motifs is 1. The first kappa shape index (κ1) is 14.8. The molecule has 1 aliphatic carbocycles. The fourth-order valence-corrected chi connectivity index (χ4v) is 3.38. The molecule has 2 atom stereocenters. The van der Waals surface area contributed by atoms with Gasteiger partial charge in [0.05, 0.1) is 13.1 Å². The van der Waals surface area contributed by atoms with Crippen LogP contribution in [0.3, 0.4) is 0 Å². The topological polar surface area (TPSA) is 64.7 Å². The first-order valence-corrected chi connectivity index (χ1v) is 8.11. The molecule has 2 N–H and O–H groups in total. The van der Waals surface area contributed by atoms with Crippen molar-refractivity contribution in [2.75, 3.05) is 39.8 Å². The molecule has 2 amide bonds. The Morgan fingerprint density at radius 2 is 2.10 bits per heavy atom. The SMILES string of the molecule is CN(CC(=O)NC1CC1)C(=O)CN1CC2CCCNC2C1. The minimum absolute atomic E-state index is 0.0369. The van der Waals surface area contributed by atoms with Crippen molar-refractivity contribution in [2.24, 2.45) is 5.92 Å². The lowest BCUT2D eigenvalue weighted by Gasteiger charge is -2.24. The van der Waals surface area contributed by atoms with Crippen LogP contribution < -0.4 is 10.6 Å². The fourth-order valence-electron chi connectivity index (χ4n) is 3.38. The monoisotopic (exact) mass is 294 g/mol. The van der Waals surface area contributed by atoms with Crippen molar-refractivity contribution in [2.45, 2.75) is 37.8 Å². The average molecular weight is 294 g/mol. The maximum atomic E-state index is 12.2. The van der Waals surface area contributed by atoms with E-state index in [0.717, 1.165) is 32.5 Å². The maximum absolute atomic E-state index is 12.2. The summed E-state index contributed by atoms with van der Waals surface area (Å²) < 4.78 is 0. The highest BCUT2D eigenvalue weighted by atomic mass is 16.2. The molecule has 1 saturated carbocycles. The van der Waals surface area contributed by atoms with E-state index < -0.39 is 0 Å². The van der Waals surface area contributed by atoms with Crippen LogP contribution in [0.15, 0.2) is 0 Å². The Balaban J connectivity index is 1.41. The van der Waals surface area contributed by atoms with Gasteiger partial charge in [-0.1, -0.05) is 0 Å². The van der Waals surface area contributed by atoms with Gasteiger partial charge in [-0.15, -0.1) is 0 Å². The molecule has 2 saturated heterocycles. The van der Waals surface area contributed by atoms with Crippen LogP contribution in [-0.4, -0.2) is 73.5 Å². The summed E-state index contributed by atoms with van der Waals surface area (Å²) in [5.74, 6) is 0.694. The van der Waals surface area contributed by atoms with Crippen LogP contribution in [-0.2, 0) is 9.59 Å². The first-order valence-electron chi connectivity index (χ1n) is 8.11. The molecular formula is C15H26N4O2. The highest BCUT2D eigenvalue weighted by Crippen LogP contribution is 2.24. The largest absolute Gasteiger partial charge is 0.352 e. The van der Waals surface area contributed by atoms with Gasteiger partial charge in [-0.05, 0) is 38.1 Å². The van der Waals surface area contributed by atoms with Gasteiger partial charge in [0.15, 0.2) is 0 Å². The number of nitrogens with one attached hydrogen (secondary N) is 2. The van der Waals surface area contributed by atoms with E-state index in [0.29, 0.717) is 24.5 Å². The molecule has 21 heavy (non-hydrogen) atoms. The van der Waals surface area contributed by atoms with Crippen molar-refractivity contribution in [3.05, 3.63) is 0 Å². The smallest absolute Gasteiger partial charge is 0.239 e. The third-order valence-electron chi connectivity index (χ3n) is 4.78. The molecular weight excluding hydrogens is 268 g/mol. The summed E-state index contributed by atoms with van der Waals surface area (Å²) in [7, 11) is 1.72. The molecule has 0 bridgehead atoms. The number of carbonyl (C=O) groups excluding carboxylic acids is 2. The molecule has 3 rings (SSSR count). The summed E-state index contributed by atoms with van der Waals surface area (Å²) in [6.45, 7) is 3.67. The van der Waals surface area contributed by atoms with Crippen molar-refractivity contribution >= 4 is 11.8 Å². The van der Waals surface area contributed by atoms with Gasteiger partial charge in [0.25, 0.3) is 0 Å². The van der Waals surface area contributed by atoms with Gasteiger partial charge in [0.1, 0.15) is 0 Å². The second kappa shape index (κ2) is 6.32. The van der Waals surface area contributed by atoms with Gasteiger partial charge >= 0.3 is 0 Å². The Hall–Kier alpha value is -1.14. The molecule has 0 aromatic carbocycles. The maximum Gasteiger partial charge on any atom is 0.239 e. The number of likely N-dealkylation sites (N-methyl/N-ethyl adjacent to an activating group) is 1. The van der Waals surface area contributed by atoms with Crippen LogP contribution >= 0.6 is 0 Å². The highest BCUT2D eigenvalue weighted by Gasteiger charge is 2.35. The summed E-state index contributed by atoms with van der Waals surface area (Å²) >= 11 is 0. The van der Waals surface area contributed by atoms with Gasteiger partial charge < -0.3 is 15.5 Å². The standard InChI is InChI=1S/C15H26N4O2/c1-18(9-14(20)17-12-4-5-12)15(21)10-19-7-11-3-2-6-16-13(11)8-19/h11-13,16H,2-10H2,1H3,(H,17,20). The molecule has 0 aromatic rings. The third-order valence-corrected chi connectivity index (χ3v) is 4.78. The minimum Gasteiger partial charge on any atom is -0.352 e. The second-order valence-corrected chi connectivity index (χ2v) is 6.75. The quantitative estimate of drug-likeness (QED) is 0.711. The first-order chi connectivity index (χ1) is 10.1. The van der Waals surface area contributed by atoms with Crippen molar-refractivity contribution < 1.29 is 9.59 Å². The fraction of sp³-hybridized carbons (Fsp3) is 0.867. The Kier molecular flexibility index (Phi) is 4.45. The summed E-state index contributed by atoms with van der Waals surface area (Å²) in [6.07, 6.45) is 4.66. The molecule has 6 heteroatoms. The van der Waals surface area contributed by atoms with Gasteiger partial charge in [-0.25, -0.2) is 0 Å². The molecule has 118 valence electrons. The number of carbonyl (C=O) groups is 2. The Morgan fingerprint density at radius 3 is 2.81 bits per heavy atom. The zero-order chi connectivity index (χ0) is 14.8. The van der Waals surface area contributed by atoms with Crippen molar-refractivity contribution in [1.82, 2.24) is 20.4 Å². The summed E-state index contributed by atoms with van der Waals surface area (Å²) in [5, 5.41) is 6.46. The van der Waals surface area contributed by atoms with E-state index in [-0.39, 0.29) is 18.4 Å². The van der Waals surface area contributed by atoms with Crippen molar-refractivity contribution in [3.8, 4) is 0 Å². The minimum atomic E-state index is -0.0369. The summed E-state index contributed by atoms with van der Waals surface area (Å²) in [6, 6.07) is 0.906. The van der Waals surface area contributed by atoms with E-state index in [1.807, 2.05) is 0 Å². The number of rotatable bonds is 5. The average Bonchev–Trinajstić information content (AvgIpc) is 3.15. The molecule has 0 radical (unpaired) electrons. The summed E-state index contributed by atoms with van der Waals surface area (Å²) in [4.78, 5) is 27.7. The molecule has 3 fully saturated rings. The molecule has 3 aliphatic rings. The van der Waals surface area contributed by atoms with Crippen LogP contribution in [0.25, 0.3) is 0 Å². The number of hydrogen-bond acceptors (Lipinski definition) is 4. The predicted octanol–water partition coefficient (Wildman–Crippen LogP) is -0.593. The number of hydrogen-bond donors (Lipinski definition) is 2. The predicted molar refractivity (Wildman–Crippen MR) is 79.8 cm³/mol. The zero-order valence-electron chi connectivity index (χ0n) is 12.8. The molecule has 2 heterocycles. The number of likely N-dealkylation sites (tertiary alicyclic amines) is 1. The second-order valence-electron chi connectivity index (χ2n) is 6.75. The van der Waals surface area contributed by atoms with Gasteiger partial charge in [-0.3, -0.25) is 14.5 Å². The van der Waals surface area contributed by atoms with Crippen LogP contribution in [0.5, 0.6) is 0 Å². The van der Waals surface area contributed by atoms with E-state index in [4.69, 9.17) is 0 Å². The van der Waals surface area contributed by atoms with Crippen LogP contribution in [0, 0.1) is 5.92 Å². The Bertz CT molecular complexity index is 396. The normalized spacial score (nSPS) is 29.0. The lowest BCUT2D eigenvalue weighted by Crippen LogP contribution is -2.44. The van der Waals surface area contributed by atoms with Crippen LogP contribution in [0.4, 0.5) is 0 Å². The number of piperidine rings is 1. The molecule has 2 unspecified atom stereocenters. The lowest BCUT2D eigenvalue weighted by molar-refractivity contribution is -0.135. The van der Waals surface area contributed by atoms with Crippen molar-refractivity contribution in [1.29, 1.82) is 0 Å². The molecule has 0 spiro atoms. The van der Waals surface area contributed by atoms with E-state index >= 15 is 0 Å². The lowest BCUT2D eigenvalue weighted by atomic mass is 9.94. The number of amides is 2. The van der Waals surface area contributed by atoms with Crippen LogP contribution in [0.2, 0.25) is 0 Å². The number of nitrogens with zero attached hydrogens (tertiary/aromatic N) is 2. The van der Waals surface area contributed by atoms with E-state index in [2.05, 4.69) is 15.5 Å². The van der Waals surface area contributed by atoms with E-state index in [9.17, 15) is 9.59 Å². The van der Waals surface area contributed by atoms with Crippen molar-refractivity contribution in [3.63, 3.8) is 0 Å². The van der Waals surface area contributed by atoms with Gasteiger partial charge in [0.2, 0.25) is 11.8 Å². The van der Waals surface area contributed by atoms with E-state index in [1.165, 1.54) is 12.8 Å². The van der Waals surface area contributed by atoms with Gasteiger partial charge in [0, 0.05) is 32.2 Å². The Labute approximate surface area is 126 Å². The third kappa shape index (κ3) is 3.95. The molecule has 2 aliphatic heterocycles. The van der Waals surface area contributed by atoms with Gasteiger partial charge in [-0.2, -0.15) is 0 Å². The Morgan fingerprint density at radius 1 is 1.29 bits per heavy atom. The van der Waals surface area contributed by atoms with E-state index in [1.54, 1.807) is 11.9 Å². The summed E-state index contributed by atoms with van der Waals surface area (Å²) in [5.41, 5.74) is 0. The molecule has 6 nitrogen and oxygen atoms in total. The highest BCUT2D eigenvalue weighted by molar-refractivity contribution is 5.85.